The van der Waals surface area contributed by atoms with Gasteiger partial charge in [-0.2, -0.15) is 0 Å². The lowest BCUT2D eigenvalue weighted by Crippen LogP contribution is -2.23. The van der Waals surface area contributed by atoms with E-state index in [1.807, 2.05) is 61.5 Å². The summed E-state index contributed by atoms with van der Waals surface area (Å²) in [6.07, 6.45) is 1.60. The van der Waals surface area contributed by atoms with Crippen molar-refractivity contribution in [2.75, 3.05) is 11.1 Å². The minimum absolute atomic E-state index is 0.117. The van der Waals surface area contributed by atoms with Gasteiger partial charge in [0.15, 0.2) is 10.8 Å². The fourth-order valence-electron chi connectivity index (χ4n) is 2.95. The Labute approximate surface area is 171 Å². The van der Waals surface area contributed by atoms with Crippen molar-refractivity contribution in [3.63, 3.8) is 0 Å². The molecule has 2 aromatic carbocycles. The van der Waals surface area contributed by atoms with Gasteiger partial charge >= 0.3 is 0 Å². The highest BCUT2D eigenvalue weighted by Gasteiger charge is 2.15. The summed E-state index contributed by atoms with van der Waals surface area (Å²) in [6, 6.07) is 20.3. The van der Waals surface area contributed by atoms with Crippen LogP contribution in [0.1, 0.15) is 5.56 Å². The average molecular weight is 402 g/mol. The number of anilines is 1. The molecule has 0 spiro atoms. The van der Waals surface area contributed by atoms with Crippen LogP contribution in [-0.4, -0.2) is 26.2 Å². The predicted molar refractivity (Wildman–Crippen MR) is 116 cm³/mol. The highest BCUT2D eigenvalue weighted by atomic mass is 32.2. The number of nitrogens with one attached hydrogen (secondary N) is 1. The molecule has 0 fully saturated rings. The maximum absolute atomic E-state index is 13.1. The third-order valence-corrected chi connectivity index (χ3v) is 5.20. The van der Waals surface area contributed by atoms with Crippen LogP contribution in [0.2, 0.25) is 0 Å². The van der Waals surface area contributed by atoms with E-state index in [1.165, 1.54) is 16.3 Å². The van der Waals surface area contributed by atoms with Crippen molar-refractivity contribution >= 4 is 34.4 Å². The predicted octanol–water partition coefficient (Wildman–Crippen LogP) is 3.82. The Morgan fingerprint density at radius 1 is 1.07 bits per heavy atom. The molecule has 0 aliphatic carbocycles. The molecule has 0 radical (unpaired) electrons. The molecule has 2 aromatic heterocycles. The van der Waals surface area contributed by atoms with Crippen LogP contribution < -0.4 is 10.9 Å². The number of pyridine rings is 1. The number of hydrogen-bond acceptors (Lipinski definition) is 5. The summed E-state index contributed by atoms with van der Waals surface area (Å²) in [5, 5.41) is 3.73. The third kappa shape index (κ3) is 4.20. The summed E-state index contributed by atoms with van der Waals surface area (Å²) in [5.74, 6) is -0.0541. The van der Waals surface area contributed by atoms with E-state index in [4.69, 9.17) is 0 Å². The topological polar surface area (TPSA) is 76.9 Å². The van der Waals surface area contributed by atoms with Gasteiger partial charge in [-0.05, 0) is 48.9 Å². The SMILES string of the molecule is Cc1cccc(NC(=O)CSc2nc3ncccc3c(=O)n2-c2ccccc2)c1. The standard InChI is InChI=1S/C22H18N4O2S/c1-15-7-5-8-16(13-15)24-19(27)14-29-22-25-20-18(11-6-12-23-20)21(28)26(22)17-9-3-2-4-10-17/h2-13H,14H2,1H3,(H,24,27). The lowest BCUT2D eigenvalue weighted by molar-refractivity contribution is -0.113. The molecule has 0 saturated heterocycles. The number of fused-ring (bicyclic) bond motifs is 1. The van der Waals surface area contributed by atoms with Gasteiger partial charge in [0.25, 0.3) is 5.56 Å². The second-order valence-electron chi connectivity index (χ2n) is 6.45. The van der Waals surface area contributed by atoms with Crippen molar-refractivity contribution in [1.82, 2.24) is 14.5 Å². The number of rotatable bonds is 5. The number of thioether (sulfide) groups is 1. The Balaban J connectivity index is 1.66. The molecule has 29 heavy (non-hydrogen) atoms. The molecule has 0 aliphatic rings. The van der Waals surface area contributed by atoms with Gasteiger partial charge in [-0.15, -0.1) is 0 Å². The van der Waals surface area contributed by atoms with Gasteiger partial charge in [0.1, 0.15) is 0 Å². The highest BCUT2D eigenvalue weighted by molar-refractivity contribution is 7.99. The number of aryl methyl sites for hydroxylation is 1. The lowest BCUT2D eigenvalue weighted by Gasteiger charge is -2.13. The molecular formula is C22H18N4O2S. The summed E-state index contributed by atoms with van der Waals surface area (Å²) in [4.78, 5) is 34.3. The van der Waals surface area contributed by atoms with Gasteiger partial charge in [0.2, 0.25) is 5.91 Å². The molecule has 2 heterocycles. The minimum atomic E-state index is -0.212. The molecular weight excluding hydrogens is 384 g/mol. The third-order valence-electron chi connectivity index (χ3n) is 4.26. The quantitative estimate of drug-likeness (QED) is 0.406. The fraction of sp³-hybridized carbons (Fsp3) is 0.0909. The van der Waals surface area contributed by atoms with Gasteiger partial charge < -0.3 is 5.32 Å². The molecule has 0 saturated carbocycles. The van der Waals surface area contributed by atoms with Crippen LogP contribution in [0.5, 0.6) is 0 Å². The van der Waals surface area contributed by atoms with Crippen LogP contribution in [0.15, 0.2) is 82.9 Å². The van der Waals surface area contributed by atoms with Crippen molar-refractivity contribution in [2.45, 2.75) is 12.1 Å². The highest BCUT2D eigenvalue weighted by Crippen LogP contribution is 2.21. The second kappa shape index (κ2) is 8.28. The average Bonchev–Trinajstić information content (AvgIpc) is 2.73. The van der Waals surface area contributed by atoms with Gasteiger partial charge in [0, 0.05) is 11.9 Å². The summed E-state index contributed by atoms with van der Waals surface area (Å²) >= 11 is 1.20. The Kier molecular flexibility index (Phi) is 5.39. The molecule has 144 valence electrons. The normalized spacial score (nSPS) is 10.8. The molecule has 0 aliphatic heterocycles. The van der Waals surface area contributed by atoms with E-state index >= 15 is 0 Å². The number of amides is 1. The van der Waals surface area contributed by atoms with Gasteiger partial charge in [-0.3, -0.25) is 14.2 Å². The molecule has 4 rings (SSSR count). The summed E-state index contributed by atoms with van der Waals surface area (Å²) in [5.41, 5.74) is 2.65. The van der Waals surface area contributed by atoms with Crippen molar-refractivity contribution < 1.29 is 4.79 Å². The zero-order valence-corrected chi connectivity index (χ0v) is 16.5. The van der Waals surface area contributed by atoms with Crippen molar-refractivity contribution in [1.29, 1.82) is 0 Å². The first kappa shape index (κ1) is 18.9. The van der Waals surface area contributed by atoms with E-state index in [2.05, 4.69) is 15.3 Å². The first-order valence-corrected chi connectivity index (χ1v) is 10.0. The molecule has 1 N–H and O–H groups in total. The molecule has 0 bridgehead atoms. The Bertz CT molecular complexity index is 1240. The van der Waals surface area contributed by atoms with E-state index in [0.29, 0.717) is 21.9 Å². The van der Waals surface area contributed by atoms with Gasteiger partial charge in [-0.25, -0.2) is 9.97 Å². The minimum Gasteiger partial charge on any atom is -0.325 e. The molecule has 1 amide bonds. The monoisotopic (exact) mass is 402 g/mol. The van der Waals surface area contributed by atoms with E-state index in [1.54, 1.807) is 18.3 Å². The maximum atomic E-state index is 13.1. The van der Waals surface area contributed by atoms with Crippen LogP contribution in [0, 0.1) is 6.92 Å². The Morgan fingerprint density at radius 2 is 1.90 bits per heavy atom. The molecule has 0 atom stereocenters. The number of para-hydroxylation sites is 1. The molecule has 4 aromatic rings. The second-order valence-corrected chi connectivity index (χ2v) is 7.39. The number of carbonyl (C=O) groups is 1. The number of hydrogen-bond donors (Lipinski definition) is 1. The molecule has 6 nitrogen and oxygen atoms in total. The van der Waals surface area contributed by atoms with Crippen LogP contribution in [-0.2, 0) is 4.79 Å². The fourth-order valence-corrected chi connectivity index (χ4v) is 3.75. The largest absolute Gasteiger partial charge is 0.325 e. The Hall–Kier alpha value is -3.45. The van der Waals surface area contributed by atoms with Gasteiger partial charge in [-0.1, -0.05) is 42.1 Å². The summed E-state index contributed by atoms with van der Waals surface area (Å²) < 4.78 is 1.52. The van der Waals surface area contributed by atoms with Gasteiger partial charge in [0.05, 0.1) is 16.8 Å². The lowest BCUT2D eigenvalue weighted by atomic mass is 10.2. The van der Waals surface area contributed by atoms with Crippen molar-refractivity contribution in [3.8, 4) is 5.69 Å². The van der Waals surface area contributed by atoms with Crippen molar-refractivity contribution in [3.05, 3.63) is 88.8 Å². The molecule has 0 unspecified atom stereocenters. The first-order chi connectivity index (χ1) is 14.1. The van der Waals surface area contributed by atoms with E-state index in [9.17, 15) is 9.59 Å². The smallest absolute Gasteiger partial charge is 0.268 e. The number of carbonyl (C=O) groups excluding carboxylic acids is 1. The maximum Gasteiger partial charge on any atom is 0.268 e. The summed E-state index contributed by atoms with van der Waals surface area (Å²) in [6.45, 7) is 1.97. The van der Waals surface area contributed by atoms with E-state index in [-0.39, 0.29) is 17.2 Å². The van der Waals surface area contributed by atoms with Crippen LogP contribution in [0.25, 0.3) is 16.7 Å². The first-order valence-electron chi connectivity index (χ1n) is 9.04. The van der Waals surface area contributed by atoms with Crippen LogP contribution in [0.3, 0.4) is 0 Å². The zero-order chi connectivity index (χ0) is 20.2. The molecule has 7 heteroatoms. The number of nitrogens with zero attached hydrogens (tertiary/aromatic N) is 3. The van der Waals surface area contributed by atoms with Crippen molar-refractivity contribution in [2.24, 2.45) is 0 Å². The Morgan fingerprint density at radius 3 is 2.69 bits per heavy atom. The van der Waals surface area contributed by atoms with Crippen LogP contribution >= 0.6 is 11.8 Å². The number of aromatic nitrogens is 3. The zero-order valence-electron chi connectivity index (χ0n) is 15.7. The van der Waals surface area contributed by atoms with E-state index in [0.717, 1.165) is 11.3 Å². The number of benzene rings is 2. The van der Waals surface area contributed by atoms with Crippen LogP contribution in [0.4, 0.5) is 5.69 Å². The summed E-state index contributed by atoms with van der Waals surface area (Å²) in [7, 11) is 0. The van der Waals surface area contributed by atoms with E-state index < -0.39 is 0 Å².